The number of piperazine rings is 1. The summed E-state index contributed by atoms with van der Waals surface area (Å²) in [6, 6.07) is 22.2. The van der Waals surface area contributed by atoms with Gasteiger partial charge in [-0.15, -0.1) is 0 Å². The highest BCUT2D eigenvalue weighted by Gasteiger charge is 2.24. The average molecular weight is 363 g/mol. The lowest BCUT2D eigenvalue weighted by Crippen LogP contribution is -3.27. The largest absolute Gasteiger partial charge is 0.322 e. The smallest absolute Gasteiger partial charge is 0.269 e. The lowest BCUT2D eigenvalue weighted by Gasteiger charge is -2.30. The van der Waals surface area contributed by atoms with Gasteiger partial charge in [0.1, 0.15) is 39.3 Å². The van der Waals surface area contributed by atoms with Crippen LogP contribution in [0.2, 0.25) is 0 Å². The van der Waals surface area contributed by atoms with Crippen LogP contribution in [0, 0.1) is 10.1 Å². The third kappa shape index (κ3) is 4.15. The number of nitro groups is 1. The highest BCUT2D eigenvalue weighted by atomic mass is 16.6. The van der Waals surface area contributed by atoms with Gasteiger partial charge in [0.25, 0.3) is 5.69 Å². The van der Waals surface area contributed by atoms with Crippen molar-refractivity contribution in [1.29, 1.82) is 0 Å². The third-order valence-electron chi connectivity index (χ3n) is 5.56. The summed E-state index contributed by atoms with van der Waals surface area (Å²) >= 11 is 0. The number of benzene rings is 3. The molecule has 1 heterocycles. The molecule has 1 aliphatic rings. The highest BCUT2D eigenvalue weighted by molar-refractivity contribution is 5.85. The van der Waals surface area contributed by atoms with Crippen LogP contribution in [0.25, 0.3) is 10.8 Å². The van der Waals surface area contributed by atoms with Gasteiger partial charge >= 0.3 is 0 Å². The van der Waals surface area contributed by atoms with E-state index in [0.717, 1.165) is 44.8 Å². The summed E-state index contributed by atoms with van der Waals surface area (Å²) in [7, 11) is 0. The van der Waals surface area contributed by atoms with Crippen molar-refractivity contribution in [2.75, 3.05) is 26.2 Å². The van der Waals surface area contributed by atoms with Crippen molar-refractivity contribution in [3.05, 3.63) is 88.0 Å². The number of non-ortho nitro benzene ring substituents is 1. The maximum absolute atomic E-state index is 11.0. The zero-order valence-electron chi connectivity index (χ0n) is 15.4. The van der Waals surface area contributed by atoms with Gasteiger partial charge in [-0.1, -0.05) is 54.6 Å². The number of fused-ring (bicyclic) bond motifs is 1. The maximum atomic E-state index is 11.0. The van der Waals surface area contributed by atoms with E-state index in [4.69, 9.17) is 0 Å². The molecule has 0 unspecified atom stereocenters. The Morgan fingerprint density at radius 1 is 0.815 bits per heavy atom. The van der Waals surface area contributed by atoms with Crippen LogP contribution < -0.4 is 9.80 Å². The number of rotatable bonds is 5. The van der Waals surface area contributed by atoms with Gasteiger partial charge in [-0.25, -0.2) is 0 Å². The van der Waals surface area contributed by atoms with Gasteiger partial charge in [-0.3, -0.25) is 10.1 Å². The SMILES string of the molecule is O=[N+]([O-])c1cccc(C[NH+]2CC[NH+](Cc3cccc4ccccc34)CC2)c1. The molecular formula is C22H25N3O2+2. The van der Waals surface area contributed by atoms with Gasteiger partial charge in [0.2, 0.25) is 0 Å². The third-order valence-corrected chi connectivity index (χ3v) is 5.56. The first-order valence-corrected chi connectivity index (χ1v) is 9.56. The Morgan fingerprint density at radius 3 is 2.26 bits per heavy atom. The number of nitrogens with one attached hydrogen (secondary N) is 2. The Labute approximate surface area is 159 Å². The van der Waals surface area contributed by atoms with Gasteiger partial charge in [0.05, 0.1) is 4.92 Å². The van der Waals surface area contributed by atoms with Gasteiger partial charge in [0.15, 0.2) is 0 Å². The maximum Gasteiger partial charge on any atom is 0.269 e. The predicted octanol–water partition coefficient (Wildman–Crippen LogP) is 1.23. The van der Waals surface area contributed by atoms with Crippen molar-refractivity contribution in [3.63, 3.8) is 0 Å². The number of nitro benzene ring substituents is 1. The molecule has 0 bridgehead atoms. The molecule has 1 saturated heterocycles. The van der Waals surface area contributed by atoms with E-state index < -0.39 is 0 Å². The van der Waals surface area contributed by atoms with E-state index in [9.17, 15) is 10.1 Å². The summed E-state index contributed by atoms with van der Waals surface area (Å²) < 4.78 is 0. The predicted molar refractivity (Wildman–Crippen MR) is 106 cm³/mol. The molecule has 3 aromatic carbocycles. The van der Waals surface area contributed by atoms with Crippen LogP contribution in [0.15, 0.2) is 66.7 Å². The van der Waals surface area contributed by atoms with Crippen LogP contribution in [0.4, 0.5) is 5.69 Å². The number of quaternary nitrogens is 2. The monoisotopic (exact) mass is 363 g/mol. The molecule has 138 valence electrons. The standard InChI is InChI=1S/C22H23N3O2/c26-25(27)21-9-3-5-18(15-21)16-23-11-13-24(14-12-23)17-20-8-4-7-19-6-1-2-10-22(19)20/h1-10,15H,11-14,16-17H2/p+2. The molecule has 0 aliphatic carbocycles. The zero-order chi connectivity index (χ0) is 18.6. The molecule has 5 heteroatoms. The van der Waals surface area contributed by atoms with E-state index in [1.807, 2.05) is 6.07 Å². The van der Waals surface area contributed by atoms with E-state index in [-0.39, 0.29) is 10.6 Å². The van der Waals surface area contributed by atoms with Crippen LogP contribution >= 0.6 is 0 Å². The fourth-order valence-electron chi connectivity index (χ4n) is 4.10. The van der Waals surface area contributed by atoms with Crippen LogP contribution in [0.1, 0.15) is 11.1 Å². The normalized spacial score (nSPS) is 19.9. The lowest BCUT2D eigenvalue weighted by atomic mass is 10.0. The molecule has 0 amide bonds. The van der Waals surface area contributed by atoms with E-state index in [1.54, 1.807) is 23.1 Å². The van der Waals surface area contributed by atoms with Crippen molar-refractivity contribution < 1.29 is 14.7 Å². The zero-order valence-corrected chi connectivity index (χ0v) is 15.4. The summed E-state index contributed by atoms with van der Waals surface area (Å²) in [5, 5.41) is 13.6. The fourth-order valence-corrected chi connectivity index (χ4v) is 4.10. The summed E-state index contributed by atoms with van der Waals surface area (Å²) in [5.41, 5.74) is 2.66. The Bertz CT molecular complexity index is 944. The fraction of sp³-hybridized carbons (Fsp3) is 0.273. The van der Waals surface area contributed by atoms with E-state index in [1.165, 1.54) is 21.2 Å². The number of hydrogen-bond donors (Lipinski definition) is 2. The molecule has 0 spiro atoms. The van der Waals surface area contributed by atoms with Crippen molar-refractivity contribution in [2.24, 2.45) is 0 Å². The van der Waals surface area contributed by atoms with Crippen LogP contribution in [0.5, 0.6) is 0 Å². The number of hydrogen-bond acceptors (Lipinski definition) is 2. The van der Waals surface area contributed by atoms with Crippen molar-refractivity contribution in [1.82, 2.24) is 0 Å². The molecule has 2 N–H and O–H groups in total. The van der Waals surface area contributed by atoms with E-state index >= 15 is 0 Å². The summed E-state index contributed by atoms with van der Waals surface area (Å²) in [5.74, 6) is 0. The minimum atomic E-state index is -0.314. The second kappa shape index (κ2) is 7.86. The minimum Gasteiger partial charge on any atom is -0.322 e. The van der Waals surface area contributed by atoms with Gasteiger partial charge in [0, 0.05) is 23.3 Å². The first kappa shape index (κ1) is 17.6. The van der Waals surface area contributed by atoms with Gasteiger partial charge in [-0.05, 0) is 10.8 Å². The molecule has 3 aromatic rings. The minimum absolute atomic E-state index is 0.187. The molecule has 0 saturated carbocycles. The Balaban J connectivity index is 1.36. The van der Waals surface area contributed by atoms with Crippen molar-refractivity contribution >= 4 is 16.5 Å². The molecule has 1 aliphatic heterocycles. The quantitative estimate of drug-likeness (QED) is 0.529. The second-order valence-electron chi connectivity index (χ2n) is 7.42. The Hall–Kier alpha value is -2.76. The second-order valence-corrected chi connectivity index (χ2v) is 7.42. The van der Waals surface area contributed by atoms with E-state index in [0.29, 0.717) is 0 Å². The topological polar surface area (TPSA) is 52.0 Å². The molecule has 4 rings (SSSR count). The summed E-state index contributed by atoms with van der Waals surface area (Å²) in [4.78, 5) is 13.8. The Kier molecular flexibility index (Phi) is 5.14. The summed E-state index contributed by atoms with van der Waals surface area (Å²) in [6.07, 6.45) is 0. The molecule has 1 fully saturated rings. The molecule has 0 radical (unpaired) electrons. The van der Waals surface area contributed by atoms with E-state index in [2.05, 4.69) is 42.5 Å². The van der Waals surface area contributed by atoms with Gasteiger partial charge < -0.3 is 9.80 Å². The van der Waals surface area contributed by atoms with Crippen LogP contribution in [-0.2, 0) is 13.1 Å². The van der Waals surface area contributed by atoms with Crippen molar-refractivity contribution in [3.8, 4) is 0 Å². The van der Waals surface area contributed by atoms with Crippen LogP contribution in [-0.4, -0.2) is 31.1 Å². The van der Waals surface area contributed by atoms with Crippen molar-refractivity contribution in [2.45, 2.75) is 13.1 Å². The van der Waals surface area contributed by atoms with Gasteiger partial charge in [-0.2, -0.15) is 0 Å². The number of nitrogens with zero attached hydrogens (tertiary/aromatic N) is 1. The molecule has 27 heavy (non-hydrogen) atoms. The first-order valence-electron chi connectivity index (χ1n) is 9.56. The van der Waals surface area contributed by atoms with Crippen LogP contribution in [0.3, 0.4) is 0 Å². The lowest BCUT2D eigenvalue weighted by molar-refractivity contribution is -1.02. The molecular weight excluding hydrogens is 338 g/mol. The highest BCUT2D eigenvalue weighted by Crippen LogP contribution is 2.17. The Morgan fingerprint density at radius 2 is 1.48 bits per heavy atom. The first-order chi connectivity index (χ1) is 13.2. The average Bonchev–Trinajstić information content (AvgIpc) is 2.70. The molecule has 0 aromatic heterocycles. The molecule has 0 atom stereocenters. The summed E-state index contributed by atoms with van der Waals surface area (Å²) in [6.45, 7) is 6.39. The molecule has 5 nitrogen and oxygen atoms in total.